The minimum absolute atomic E-state index is 0.391. The van der Waals surface area contributed by atoms with Crippen LogP contribution in [0.4, 0.5) is 0 Å². The van der Waals surface area contributed by atoms with Crippen molar-refractivity contribution in [1.29, 1.82) is 0 Å². The van der Waals surface area contributed by atoms with Crippen LogP contribution in [0.3, 0.4) is 0 Å². The number of ether oxygens (including phenoxy) is 2. The van der Waals surface area contributed by atoms with E-state index in [0.29, 0.717) is 11.3 Å². The number of esters is 1. The van der Waals surface area contributed by atoms with E-state index in [0.717, 1.165) is 29.9 Å². The van der Waals surface area contributed by atoms with Crippen LogP contribution in [-0.2, 0) is 11.3 Å². The monoisotopic (exact) mass is 284 g/mol. The summed E-state index contributed by atoms with van der Waals surface area (Å²) in [6.07, 6.45) is 8.40. The van der Waals surface area contributed by atoms with Gasteiger partial charge in [-0.05, 0) is 24.6 Å². The molecule has 0 saturated carbocycles. The van der Waals surface area contributed by atoms with Crippen LogP contribution in [0.15, 0.2) is 30.6 Å². The number of rotatable bonds is 3. The van der Waals surface area contributed by atoms with Gasteiger partial charge in [0.2, 0.25) is 0 Å². The highest BCUT2D eigenvalue weighted by atomic mass is 16.5. The summed E-state index contributed by atoms with van der Waals surface area (Å²) in [7, 11) is 2.94. The summed E-state index contributed by atoms with van der Waals surface area (Å²) < 4.78 is 12.5. The Hall–Kier alpha value is -2.56. The molecule has 0 aliphatic carbocycles. The fraction of sp³-hybridized carbons (Fsp3) is 0.250. The Morgan fingerprint density at radius 3 is 2.90 bits per heavy atom. The lowest BCUT2D eigenvalue weighted by Crippen LogP contribution is -2.08. The second kappa shape index (κ2) is 5.44. The molecule has 0 unspecified atom stereocenters. The van der Waals surface area contributed by atoms with E-state index in [1.807, 2.05) is 24.3 Å². The average Bonchev–Trinajstić information content (AvgIpc) is 2.89. The summed E-state index contributed by atoms with van der Waals surface area (Å²) in [5.74, 6) is 0.147. The topological polar surface area (TPSA) is 53.4 Å². The molecule has 0 N–H and O–H groups in total. The van der Waals surface area contributed by atoms with E-state index in [1.165, 1.54) is 7.11 Å². The number of nitrogens with zero attached hydrogens (tertiary/aromatic N) is 2. The Morgan fingerprint density at radius 1 is 1.38 bits per heavy atom. The fourth-order valence-electron chi connectivity index (χ4n) is 2.70. The van der Waals surface area contributed by atoms with E-state index < -0.39 is 5.97 Å². The molecule has 3 rings (SSSR count). The van der Waals surface area contributed by atoms with Crippen molar-refractivity contribution in [3.63, 3.8) is 0 Å². The Labute approximate surface area is 122 Å². The van der Waals surface area contributed by atoms with Crippen LogP contribution in [0.5, 0.6) is 5.75 Å². The minimum Gasteiger partial charge on any atom is -0.494 e. The number of hydrogen-bond acceptors (Lipinski definition) is 4. The Bertz CT molecular complexity index is 702. The van der Waals surface area contributed by atoms with E-state index in [4.69, 9.17) is 9.47 Å². The molecule has 5 heteroatoms. The Balaban J connectivity index is 2.32. The highest BCUT2D eigenvalue weighted by Crippen LogP contribution is 2.40. The van der Waals surface area contributed by atoms with Gasteiger partial charge < -0.3 is 14.0 Å². The molecule has 1 aliphatic rings. The predicted octanol–water partition coefficient (Wildman–Crippen LogP) is 2.76. The molecule has 5 nitrogen and oxygen atoms in total. The van der Waals surface area contributed by atoms with Gasteiger partial charge in [0.1, 0.15) is 5.56 Å². The summed E-state index contributed by atoms with van der Waals surface area (Å²) in [5, 5.41) is 0. The third-order valence-electron chi connectivity index (χ3n) is 3.58. The Kier molecular flexibility index (Phi) is 3.48. The largest absolute Gasteiger partial charge is 0.494 e. The van der Waals surface area contributed by atoms with Gasteiger partial charge in [0.25, 0.3) is 0 Å². The first-order chi connectivity index (χ1) is 10.3. The zero-order valence-electron chi connectivity index (χ0n) is 12.0. The molecule has 0 radical (unpaired) electrons. The second-order valence-corrected chi connectivity index (χ2v) is 4.72. The molecule has 21 heavy (non-hydrogen) atoms. The van der Waals surface area contributed by atoms with E-state index in [-0.39, 0.29) is 0 Å². The van der Waals surface area contributed by atoms with E-state index in [2.05, 4.69) is 9.55 Å². The molecule has 0 saturated heterocycles. The van der Waals surface area contributed by atoms with Crippen molar-refractivity contribution in [2.45, 2.75) is 13.0 Å². The molecule has 2 aromatic rings. The molecule has 2 aromatic heterocycles. The third-order valence-corrected chi connectivity index (χ3v) is 3.58. The lowest BCUT2D eigenvalue weighted by Gasteiger charge is -2.14. The molecule has 0 amide bonds. The third kappa shape index (κ3) is 2.11. The zero-order valence-corrected chi connectivity index (χ0v) is 12.0. The number of allylic oxidation sites excluding steroid dienone is 1. The molecular formula is C16H16N2O3. The lowest BCUT2D eigenvalue weighted by atomic mass is 10.1. The van der Waals surface area contributed by atoms with Gasteiger partial charge in [-0.1, -0.05) is 6.08 Å². The summed E-state index contributed by atoms with van der Waals surface area (Å²) >= 11 is 0. The summed E-state index contributed by atoms with van der Waals surface area (Å²) in [4.78, 5) is 16.3. The van der Waals surface area contributed by atoms with Crippen molar-refractivity contribution in [3.05, 3.63) is 41.9 Å². The second-order valence-electron chi connectivity index (χ2n) is 4.72. The maximum atomic E-state index is 12.1. The molecular weight excluding hydrogens is 268 g/mol. The van der Waals surface area contributed by atoms with Gasteiger partial charge in [0, 0.05) is 24.5 Å². The predicted molar refractivity (Wildman–Crippen MR) is 79.2 cm³/mol. The SMILES string of the molecule is COC(=O)c1c(OC)c(-c2cccnc2)n2c1C=CCC2. The van der Waals surface area contributed by atoms with Gasteiger partial charge in [-0.2, -0.15) is 0 Å². The number of fused-ring (bicyclic) bond motifs is 1. The quantitative estimate of drug-likeness (QED) is 0.813. The number of carbonyl (C=O) groups is 1. The van der Waals surface area contributed by atoms with E-state index in [9.17, 15) is 4.79 Å². The fourth-order valence-corrected chi connectivity index (χ4v) is 2.70. The molecule has 1 aliphatic heterocycles. The van der Waals surface area contributed by atoms with Gasteiger partial charge in [0.05, 0.1) is 25.6 Å². The van der Waals surface area contributed by atoms with Gasteiger partial charge in [0.15, 0.2) is 5.75 Å². The van der Waals surface area contributed by atoms with Gasteiger partial charge in [-0.25, -0.2) is 4.79 Å². The molecule has 0 bridgehead atoms. The number of aromatic nitrogens is 2. The molecule has 0 spiro atoms. The van der Waals surface area contributed by atoms with Crippen molar-refractivity contribution in [3.8, 4) is 17.0 Å². The van der Waals surface area contributed by atoms with Crippen molar-refractivity contribution in [2.75, 3.05) is 14.2 Å². The van der Waals surface area contributed by atoms with Crippen LogP contribution in [0.25, 0.3) is 17.3 Å². The van der Waals surface area contributed by atoms with Crippen molar-refractivity contribution in [2.24, 2.45) is 0 Å². The summed E-state index contributed by atoms with van der Waals surface area (Å²) in [6, 6.07) is 3.82. The van der Waals surface area contributed by atoms with Crippen LogP contribution < -0.4 is 4.74 Å². The molecule has 0 aromatic carbocycles. The van der Waals surface area contributed by atoms with Crippen molar-refractivity contribution >= 4 is 12.0 Å². The number of hydrogen-bond donors (Lipinski definition) is 0. The first-order valence-electron chi connectivity index (χ1n) is 6.73. The maximum absolute atomic E-state index is 12.1. The van der Waals surface area contributed by atoms with Crippen LogP contribution in [0, 0.1) is 0 Å². The zero-order chi connectivity index (χ0) is 14.8. The highest BCUT2D eigenvalue weighted by Gasteiger charge is 2.29. The highest BCUT2D eigenvalue weighted by molar-refractivity contribution is 5.99. The summed E-state index contributed by atoms with van der Waals surface area (Å²) in [5.41, 5.74) is 3.07. The van der Waals surface area contributed by atoms with E-state index in [1.54, 1.807) is 19.5 Å². The smallest absolute Gasteiger partial charge is 0.343 e. The van der Waals surface area contributed by atoms with Crippen LogP contribution in [0.1, 0.15) is 22.5 Å². The van der Waals surface area contributed by atoms with Crippen LogP contribution >= 0.6 is 0 Å². The maximum Gasteiger partial charge on any atom is 0.343 e. The van der Waals surface area contributed by atoms with Crippen LogP contribution in [0.2, 0.25) is 0 Å². The normalized spacial score (nSPS) is 12.9. The van der Waals surface area contributed by atoms with Gasteiger partial charge >= 0.3 is 5.97 Å². The molecule has 108 valence electrons. The Morgan fingerprint density at radius 2 is 2.24 bits per heavy atom. The standard InChI is InChI=1S/C16H16N2O3/c1-20-15-13(16(19)21-2)12-7-3-4-9-18(12)14(15)11-6-5-8-17-10-11/h3,5-8,10H,4,9H2,1-2H3. The number of carbonyl (C=O) groups excluding carboxylic acids is 1. The minimum atomic E-state index is -0.391. The number of pyridine rings is 1. The molecule has 3 heterocycles. The molecule has 0 atom stereocenters. The number of methoxy groups -OCH3 is 2. The first-order valence-corrected chi connectivity index (χ1v) is 6.73. The van der Waals surface area contributed by atoms with Gasteiger partial charge in [-0.3, -0.25) is 4.98 Å². The average molecular weight is 284 g/mol. The van der Waals surface area contributed by atoms with E-state index >= 15 is 0 Å². The van der Waals surface area contributed by atoms with Crippen molar-refractivity contribution < 1.29 is 14.3 Å². The van der Waals surface area contributed by atoms with Crippen molar-refractivity contribution in [1.82, 2.24) is 9.55 Å². The summed E-state index contributed by atoms with van der Waals surface area (Å²) in [6.45, 7) is 0.795. The van der Waals surface area contributed by atoms with Crippen LogP contribution in [-0.4, -0.2) is 29.7 Å². The molecule has 0 fully saturated rings. The van der Waals surface area contributed by atoms with Gasteiger partial charge in [-0.15, -0.1) is 0 Å². The first kappa shape index (κ1) is 13.4. The lowest BCUT2D eigenvalue weighted by molar-refractivity contribution is 0.0597.